The fraction of sp³-hybridized carbons (Fsp3) is 0.636. The van der Waals surface area contributed by atoms with Crippen LogP contribution in [0, 0.1) is 17.8 Å². The molecule has 0 radical (unpaired) electrons. The lowest BCUT2D eigenvalue weighted by atomic mass is 9.76. The molecular weight excluding hydrogens is 194 g/mol. The van der Waals surface area contributed by atoms with Crippen LogP contribution in [0.2, 0.25) is 0 Å². The SMILES string of the molecule is C#CCC1(C(=O)O)CCN(C(C)=O)CC1. The van der Waals surface area contributed by atoms with E-state index in [0.29, 0.717) is 25.9 Å². The number of carboxylic acid groups (broad SMARTS) is 1. The van der Waals surface area contributed by atoms with Crippen molar-refractivity contribution in [3.8, 4) is 12.3 Å². The van der Waals surface area contributed by atoms with Crippen LogP contribution >= 0.6 is 0 Å². The molecule has 0 aromatic carbocycles. The van der Waals surface area contributed by atoms with Crippen LogP contribution in [0.1, 0.15) is 26.2 Å². The number of terminal acetylenes is 1. The van der Waals surface area contributed by atoms with Crippen LogP contribution in [0.15, 0.2) is 0 Å². The van der Waals surface area contributed by atoms with Gasteiger partial charge in [0.25, 0.3) is 0 Å². The van der Waals surface area contributed by atoms with E-state index in [1.165, 1.54) is 6.92 Å². The summed E-state index contributed by atoms with van der Waals surface area (Å²) in [5.74, 6) is 1.57. The number of carbonyl (C=O) groups is 2. The summed E-state index contributed by atoms with van der Waals surface area (Å²) in [5.41, 5.74) is -0.819. The molecule has 1 heterocycles. The molecule has 1 fully saturated rings. The van der Waals surface area contributed by atoms with Crippen molar-refractivity contribution in [3.05, 3.63) is 0 Å². The second-order valence-corrected chi connectivity index (χ2v) is 3.97. The lowest BCUT2D eigenvalue weighted by Gasteiger charge is -2.37. The molecule has 0 unspecified atom stereocenters. The van der Waals surface area contributed by atoms with E-state index >= 15 is 0 Å². The lowest BCUT2D eigenvalue weighted by molar-refractivity contribution is -0.153. The Hall–Kier alpha value is -1.50. The summed E-state index contributed by atoms with van der Waals surface area (Å²) in [5, 5.41) is 9.15. The predicted octanol–water partition coefficient (Wildman–Crippen LogP) is 0.723. The Morgan fingerprint density at radius 1 is 1.47 bits per heavy atom. The van der Waals surface area contributed by atoms with Gasteiger partial charge in [0.2, 0.25) is 5.91 Å². The average molecular weight is 209 g/mol. The standard InChI is InChI=1S/C11H15NO3/c1-3-4-11(10(14)15)5-7-12(8-6-11)9(2)13/h1H,4-8H2,2H3,(H,14,15). The van der Waals surface area contributed by atoms with Gasteiger partial charge >= 0.3 is 5.97 Å². The van der Waals surface area contributed by atoms with E-state index in [0.717, 1.165) is 0 Å². The van der Waals surface area contributed by atoms with E-state index in [4.69, 9.17) is 11.5 Å². The zero-order valence-corrected chi connectivity index (χ0v) is 8.82. The number of piperidine rings is 1. The van der Waals surface area contributed by atoms with E-state index in [1.54, 1.807) is 4.90 Å². The molecule has 0 aromatic rings. The highest BCUT2D eigenvalue weighted by Crippen LogP contribution is 2.34. The molecular formula is C11H15NO3. The van der Waals surface area contributed by atoms with Crippen molar-refractivity contribution in [2.24, 2.45) is 5.41 Å². The number of carbonyl (C=O) groups excluding carboxylic acids is 1. The molecule has 1 aliphatic heterocycles. The van der Waals surface area contributed by atoms with Gasteiger partial charge in [0, 0.05) is 26.4 Å². The molecule has 0 aromatic heterocycles. The van der Waals surface area contributed by atoms with Crippen LogP contribution < -0.4 is 0 Å². The van der Waals surface area contributed by atoms with E-state index in [9.17, 15) is 9.59 Å². The number of likely N-dealkylation sites (tertiary alicyclic amines) is 1. The highest BCUT2D eigenvalue weighted by atomic mass is 16.4. The molecule has 1 rings (SSSR count). The normalized spacial score (nSPS) is 19.3. The first kappa shape index (κ1) is 11.6. The summed E-state index contributed by atoms with van der Waals surface area (Å²) in [4.78, 5) is 23.9. The van der Waals surface area contributed by atoms with E-state index in [-0.39, 0.29) is 12.3 Å². The fourth-order valence-electron chi connectivity index (χ4n) is 1.91. The van der Waals surface area contributed by atoms with Gasteiger partial charge in [0.15, 0.2) is 0 Å². The minimum absolute atomic E-state index is 0.00491. The summed E-state index contributed by atoms with van der Waals surface area (Å²) >= 11 is 0. The summed E-state index contributed by atoms with van der Waals surface area (Å²) in [6.07, 6.45) is 6.33. The first-order valence-electron chi connectivity index (χ1n) is 4.94. The minimum atomic E-state index is -0.844. The lowest BCUT2D eigenvalue weighted by Crippen LogP contribution is -2.45. The molecule has 1 N–H and O–H groups in total. The highest BCUT2D eigenvalue weighted by molar-refractivity contribution is 5.77. The maximum Gasteiger partial charge on any atom is 0.310 e. The van der Waals surface area contributed by atoms with E-state index in [1.807, 2.05) is 0 Å². The summed E-state index contributed by atoms with van der Waals surface area (Å²) in [7, 11) is 0. The first-order chi connectivity index (χ1) is 7.02. The molecule has 4 nitrogen and oxygen atoms in total. The third-order valence-electron chi connectivity index (χ3n) is 3.06. The molecule has 1 saturated heterocycles. The second kappa shape index (κ2) is 4.35. The van der Waals surface area contributed by atoms with Crippen molar-refractivity contribution in [2.45, 2.75) is 26.2 Å². The number of carboxylic acids is 1. The van der Waals surface area contributed by atoms with Gasteiger partial charge in [-0.05, 0) is 12.8 Å². The Kier molecular flexibility index (Phi) is 3.35. The number of amides is 1. The van der Waals surface area contributed by atoms with Crippen LogP contribution in [0.3, 0.4) is 0 Å². The maximum atomic E-state index is 11.1. The number of rotatable bonds is 2. The summed E-state index contributed by atoms with van der Waals surface area (Å²) in [6, 6.07) is 0. The van der Waals surface area contributed by atoms with Crippen molar-refractivity contribution < 1.29 is 14.7 Å². The van der Waals surface area contributed by atoms with Gasteiger partial charge in [-0.15, -0.1) is 12.3 Å². The zero-order valence-electron chi connectivity index (χ0n) is 8.82. The Bertz CT molecular complexity index is 308. The van der Waals surface area contributed by atoms with Gasteiger partial charge in [-0.1, -0.05) is 0 Å². The Balaban J connectivity index is 2.70. The number of hydrogen-bond donors (Lipinski definition) is 1. The molecule has 0 aliphatic carbocycles. The van der Waals surface area contributed by atoms with Gasteiger partial charge in [0.05, 0.1) is 5.41 Å². The average Bonchev–Trinajstić information content (AvgIpc) is 2.18. The van der Waals surface area contributed by atoms with Gasteiger partial charge in [-0.3, -0.25) is 9.59 Å². The molecule has 82 valence electrons. The van der Waals surface area contributed by atoms with Gasteiger partial charge < -0.3 is 10.0 Å². The molecule has 0 spiro atoms. The fourth-order valence-corrected chi connectivity index (χ4v) is 1.91. The number of aliphatic carboxylic acids is 1. The van der Waals surface area contributed by atoms with Crippen molar-refractivity contribution >= 4 is 11.9 Å². The number of nitrogens with zero attached hydrogens (tertiary/aromatic N) is 1. The summed E-state index contributed by atoms with van der Waals surface area (Å²) in [6.45, 7) is 2.47. The number of hydrogen-bond acceptors (Lipinski definition) is 2. The predicted molar refractivity (Wildman–Crippen MR) is 55.0 cm³/mol. The van der Waals surface area contributed by atoms with Gasteiger partial charge in [-0.25, -0.2) is 0 Å². The maximum absolute atomic E-state index is 11.1. The van der Waals surface area contributed by atoms with E-state index < -0.39 is 11.4 Å². The first-order valence-corrected chi connectivity index (χ1v) is 4.94. The molecule has 0 bridgehead atoms. The smallest absolute Gasteiger partial charge is 0.310 e. The van der Waals surface area contributed by atoms with Crippen LogP contribution in [0.25, 0.3) is 0 Å². The van der Waals surface area contributed by atoms with Crippen molar-refractivity contribution in [3.63, 3.8) is 0 Å². The highest BCUT2D eigenvalue weighted by Gasteiger charge is 2.41. The van der Waals surface area contributed by atoms with Crippen molar-refractivity contribution in [1.29, 1.82) is 0 Å². The van der Waals surface area contributed by atoms with Gasteiger partial charge in [0.1, 0.15) is 0 Å². The summed E-state index contributed by atoms with van der Waals surface area (Å²) < 4.78 is 0. The molecule has 1 aliphatic rings. The van der Waals surface area contributed by atoms with Crippen LogP contribution in [0.5, 0.6) is 0 Å². The quantitative estimate of drug-likeness (QED) is 0.682. The molecule has 1 amide bonds. The second-order valence-electron chi connectivity index (χ2n) is 3.97. The third kappa shape index (κ3) is 2.30. The molecule has 4 heteroatoms. The Morgan fingerprint density at radius 3 is 2.33 bits per heavy atom. The van der Waals surface area contributed by atoms with Crippen LogP contribution in [-0.4, -0.2) is 35.0 Å². The van der Waals surface area contributed by atoms with Crippen LogP contribution in [0.4, 0.5) is 0 Å². The Labute approximate surface area is 89.3 Å². The van der Waals surface area contributed by atoms with Crippen molar-refractivity contribution in [2.75, 3.05) is 13.1 Å². The van der Waals surface area contributed by atoms with Gasteiger partial charge in [-0.2, -0.15) is 0 Å². The third-order valence-corrected chi connectivity index (χ3v) is 3.06. The molecule has 0 atom stereocenters. The largest absolute Gasteiger partial charge is 0.481 e. The van der Waals surface area contributed by atoms with E-state index in [2.05, 4.69) is 5.92 Å². The molecule has 15 heavy (non-hydrogen) atoms. The van der Waals surface area contributed by atoms with Crippen molar-refractivity contribution in [1.82, 2.24) is 4.90 Å². The topological polar surface area (TPSA) is 57.6 Å². The Morgan fingerprint density at radius 2 is 2.00 bits per heavy atom. The van der Waals surface area contributed by atoms with Crippen LogP contribution in [-0.2, 0) is 9.59 Å². The monoisotopic (exact) mass is 209 g/mol. The zero-order chi connectivity index (χ0) is 11.5. The molecule has 0 saturated carbocycles. The minimum Gasteiger partial charge on any atom is -0.481 e.